The molecule has 19 heavy (non-hydrogen) atoms. The van der Waals surface area contributed by atoms with E-state index in [0.717, 1.165) is 24.6 Å². The van der Waals surface area contributed by atoms with Gasteiger partial charge in [0.15, 0.2) is 0 Å². The van der Waals surface area contributed by atoms with Crippen LogP contribution in [0.2, 0.25) is 0 Å². The summed E-state index contributed by atoms with van der Waals surface area (Å²) in [6, 6.07) is 7.27. The summed E-state index contributed by atoms with van der Waals surface area (Å²) >= 11 is 0. The van der Waals surface area contributed by atoms with E-state index < -0.39 is 0 Å². The molecule has 2 nitrogen and oxygen atoms in total. The zero-order valence-corrected chi connectivity index (χ0v) is 11.1. The van der Waals surface area contributed by atoms with Crippen LogP contribution in [0.25, 0.3) is 0 Å². The zero-order valence-electron chi connectivity index (χ0n) is 11.1. The maximum absolute atomic E-state index is 6.36. The highest BCUT2D eigenvalue weighted by Gasteiger charge is 2.62. The topological polar surface area (TPSA) is 21.3 Å². The highest BCUT2D eigenvalue weighted by atomic mass is 16.5. The largest absolute Gasteiger partial charge is 0.485 e. The fraction of sp³-hybridized carbons (Fsp3) is 0.529. The average Bonchev–Trinajstić information content (AvgIpc) is 2.74. The van der Waals surface area contributed by atoms with Gasteiger partial charge >= 0.3 is 0 Å². The molecule has 1 aromatic rings. The van der Waals surface area contributed by atoms with Gasteiger partial charge in [-0.25, -0.2) is 0 Å². The van der Waals surface area contributed by atoms with Crippen molar-refractivity contribution in [1.29, 1.82) is 0 Å². The normalized spacial score (nSPS) is 41.7. The van der Waals surface area contributed by atoms with Crippen LogP contribution in [0.4, 0.5) is 0 Å². The van der Waals surface area contributed by atoms with E-state index in [2.05, 4.69) is 30.1 Å². The molecule has 1 N–H and O–H groups in total. The molecule has 0 radical (unpaired) electrons. The maximum Gasteiger partial charge on any atom is 0.130 e. The lowest BCUT2D eigenvalue weighted by molar-refractivity contribution is 0.0344. The SMILES string of the molecule is C=C1CC[C@H]2[C@H]3Cc4cccc5c4[C@@]2(CCN3)[C@H]1O5. The number of nitrogens with one attached hydrogen (secondary N) is 1. The van der Waals surface area contributed by atoms with E-state index in [1.54, 1.807) is 5.56 Å². The molecule has 0 amide bonds. The van der Waals surface area contributed by atoms with Gasteiger partial charge in [0, 0.05) is 17.0 Å². The molecule has 0 aromatic heterocycles. The Bertz CT molecular complexity index is 593. The van der Waals surface area contributed by atoms with Crippen LogP contribution in [0.1, 0.15) is 30.4 Å². The number of hydrogen-bond acceptors (Lipinski definition) is 2. The maximum atomic E-state index is 6.36. The first-order valence-corrected chi connectivity index (χ1v) is 7.51. The molecule has 98 valence electrons. The van der Waals surface area contributed by atoms with Gasteiger partial charge in [-0.05, 0) is 55.3 Å². The Labute approximate surface area is 113 Å². The van der Waals surface area contributed by atoms with Gasteiger partial charge in [0.25, 0.3) is 0 Å². The molecule has 2 aliphatic heterocycles. The predicted molar refractivity (Wildman–Crippen MR) is 74.5 cm³/mol. The summed E-state index contributed by atoms with van der Waals surface area (Å²) in [6.07, 6.45) is 5.05. The lowest BCUT2D eigenvalue weighted by Crippen LogP contribution is -2.63. The van der Waals surface area contributed by atoms with Crippen LogP contribution in [0.5, 0.6) is 5.75 Å². The molecule has 1 saturated heterocycles. The highest BCUT2D eigenvalue weighted by molar-refractivity contribution is 5.56. The molecule has 4 atom stereocenters. The smallest absolute Gasteiger partial charge is 0.130 e. The Morgan fingerprint density at radius 1 is 1.37 bits per heavy atom. The molecule has 1 saturated carbocycles. The van der Waals surface area contributed by atoms with Gasteiger partial charge in [-0.1, -0.05) is 18.7 Å². The first-order valence-electron chi connectivity index (χ1n) is 7.51. The lowest BCUT2D eigenvalue weighted by Gasteiger charge is -2.55. The molecule has 2 aliphatic carbocycles. The average molecular weight is 253 g/mol. The second-order valence-corrected chi connectivity index (χ2v) is 6.65. The summed E-state index contributed by atoms with van der Waals surface area (Å²) in [6.45, 7) is 5.45. The van der Waals surface area contributed by atoms with Crippen molar-refractivity contribution in [3.8, 4) is 5.75 Å². The third kappa shape index (κ3) is 1.05. The van der Waals surface area contributed by atoms with Crippen LogP contribution in [-0.2, 0) is 11.8 Å². The van der Waals surface area contributed by atoms with Crippen molar-refractivity contribution < 1.29 is 4.74 Å². The van der Waals surface area contributed by atoms with Gasteiger partial charge in [-0.2, -0.15) is 0 Å². The van der Waals surface area contributed by atoms with Gasteiger partial charge in [0.2, 0.25) is 0 Å². The van der Waals surface area contributed by atoms with Gasteiger partial charge < -0.3 is 10.1 Å². The van der Waals surface area contributed by atoms with E-state index in [9.17, 15) is 0 Å². The van der Waals surface area contributed by atoms with E-state index in [1.165, 1.54) is 30.4 Å². The van der Waals surface area contributed by atoms with Gasteiger partial charge in [-0.3, -0.25) is 0 Å². The Kier molecular flexibility index (Phi) is 1.79. The predicted octanol–water partition coefficient (Wildman–Crippen LogP) is 2.57. The number of hydrogen-bond donors (Lipinski definition) is 1. The Balaban J connectivity index is 1.84. The van der Waals surface area contributed by atoms with Gasteiger partial charge in [0.05, 0.1) is 0 Å². The molecular weight excluding hydrogens is 234 g/mol. The van der Waals surface area contributed by atoms with Crippen LogP contribution in [0.3, 0.4) is 0 Å². The Morgan fingerprint density at radius 2 is 2.32 bits per heavy atom. The van der Waals surface area contributed by atoms with Crippen LogP contribution >= 0.6 is 0 Å². The van der Waals surface area contributed by atoms with Crippen molar-refractivity contribution in [2.24, 2.45) is 5.92 Å². The molecule has 5 rings (SSSR count). The van der Waals surface area contributed by atoms with Crippen molar-refractivity contribution in [2.75, 3.05) is 6.54 Å². The first kappa shape index (κ1) is 10.5. The van der Waals surface area contributed by atoms with Crippen molar-refractivity contribution in [3.05, 3.63) is 41.5 Å². The van der Waals surface area contributed by atoms with Crippen molar-refractivity contribution >= 4 is 0 Å². The second kappa shape index (κ2) is 3.24. The van der Waals surface area contributed by atoms with E-state index in [4.69, 9.17) is 4.74 Å². The van der Waals surface area contributed by atoms with Crippen molar-refractivity contribution in [3.63, 3.8) is 0 Å². The summed E-state index contributed by atoms with van der Waals surface area (Å²) in [5.74, 6) is 1.89. The monoisotopic (exact) mass is 253 g/mol. The summed E-state index contributed by atoms with van der Waals surface area (Å²) in [4.78, 5) is 0. The van der Waals surface area contributed by atoms with Crippen molar-refractivity contribution in [2.45, 2.75) is 43.2 Å². The van der Waals surface area contributed by atoms with Gasteiger partial charge in [-0.15, -0.1) is 0 Å². The quantitative estimate of drug-likeness (QED) is 0.718. The fourth-order valence-electron chi connectivity index (χ4n) is 5.35. The zero-order chi connectivity index (χ0) is 12.6. The molecule has 2 heterocycles. The van der Waals surface area contributed by atoms with E-state index in [1.807, 2.05) is 0 Å². The summed E-state index contributed by atoms with van der Waals surface area (Å²) in [7, 11) is 0. The standard InChI is InChI=1S/C17H19NO/c1-10-5-6-12-13-9-11-3-2-4-14-15(11)17(12,7-8-18-13)16(10)19-14/h2-4,12-13,16,18H,1,5-9H2/t12-,13+,16-,17-/m0/s1. The first-order chi connectivity index (χ1) is 9.30. The van der Waals surface area contributed by atoms with Crippen LogP contribution in [-0.4, -0.2) is 18.7 Å². The van der Waals surface area contributed by atoms with Crippen LogP contribution in [0, 0.1) is 5.92 Å². The number of benzene rings is 1. The van der Waals surface area contributed by atoms with Gasteiger partial charge in [0.1, 0.15) is 11.9 Å². The molecular formula is C17H19NO. The molecule has 1 spiro atoms. The number of ether oxygens (including phenoxy) is 1. The molecule has 1 aromatic carbocycles. The van der Waals surface area contributed by atoms with E-state index in [-0.39, 0.29) is 11.5 Å². The summed E-state index contributed by atoms with van der Waals surface area (Å²) in [5, 5.41) is 3.76. The van der Waals surface area contributed by atoms with E-state index in [0.29, 0.717) is 6.04 Å². The van der Waals surface area contributed by atoms with Crippen molar-refractivity contribution in [1.82, 2.24) is 5.32 Å². The molecule has 2 heteroatoms. The Hall–Kier alpha value is -1.28. The molecule has 4 aliphatic rings. The Morgan fingerprint density at radius 3 is 3.26 bits per heavy atom. The minimum Gasteiger partial charge on any atom is -0.485 e. The van der Waals surface area contributed by atoms with Crippen LogP contribution in [0.15, 0.2) is 30.4 Å². The summed E-state index contributed by atoms with van der Waals surface area (Å²) < 4.78 is 6.36. The molecule has 2 fully saturated rings. The minimum atomic E-state index is 0.243. The minimum absolute atomic E-state index is 0.243. The fourth-order valence-corrected chi connectivity index (χ4v) is 5.35. The third-order valence-corrected chi connectivity index (χ3v) is 5.97. The number of rotatable bonds is 0. The molecule has 0 unspecified atom stereocenters. The van der Waals surface area contributed by atoms with Crippen LogP contribution < -0.4 is 10.1 Å². The lowest BCUT2D eigenvalue weighted by atomic mass is 9.51. The second-order valence-electron chi connectivity index (χ2n) is 6.65. The van der Waals surface area contributed by atoms with E-state index >= 15 is 0 Å². The third-order valence-electron chi connectivity index (χ3n) is 5.97. The molecule has 2 bridgehead atoms. The summed E-state index contributed by atoms with van der Waals surface area (Å²) in [5.41, 5.74) is 4.63. The highest BCUT2D eigenvalue weighted by Crippen LogP contribution is 2.61. The number of piperidine rings is 1.